The summed E-state index contributed by atoms with van der Waals surface area (Å²) < 4.78 is 0. The summed E-state index contributed by atoms with van der Waals surface area (Å²) >= 11 is 0. The number of nitrogens with zero attached hydrogens (tertiary/aromatic N) is 2. The number of benzene rings is 1. The van der Waals surface area contributed by atoms with Crippen molar-refractivity contribution in [3.63, 3.8) is 0 Å². The first-order valence-corrected chi connectivity index (χ1v) is 5.95. The molecule has 18 heavy (non-hydrogen) atoms. The van der Waals surface area contributed by atoms with Crippen LogP contribution in [0, 0.1) is 11.3 Å². The Morgan fingerprint density at radius 1 is 1.22 bits per heavy atom. The molecule has 1 aromatic heterocycles. The highest BCUT2D eigenvalue weighted by Gasteiger charge is 2.04. The van der Waals surface area contributed by atoms with Crippen LogP contribution in [-0.4, -0.2) is 4.98 Å². The molecule has 0 aliphatic carbocycles. The number of hydrogen-bond donors (Lipinski definition) is 1. The fourth-order valence-corrected chi connectivity index (χ4v) is 1.82. The molecule has 0 amide bonds. The molecule has 1 heterocycles. The SMILES string of the molecule is CCC(N)c1ccc(-c2cncc(C#N)c2)cc1. The van der Waals surface area contributed by atoms with E-state index in [1.54, 1.807) is 12.4 Å². The molecule has 1 atom stereocenters. The van der Waals surface area contributed by atoms with Gasteiger partial charge in [-0.2, -0.15) is 5.26 Å². The van der Waals surface area contributed by atoms with Crippen LogP contribution in [0.1, 0.15) is 30.5 Å². The van der Waals surface area contributed by atoms with E-state index in [1.807, 2.05) is 30.3 Å². The normalized spacial score (nSPS) is 11.8. The van der Waals surface area contributed by atoms with Gasteiger partial charge in [0.15, 0.2) is 0 Å². The Labute approximate surface area is 107 Å². The van der Waals surface area contributed by atoms with Gasteiger partial charge in [0.1, 0.15) is 6.07 Å². The maximum Gasteiger partial charge on any atom is 0.101 e. The number of hydrogen-bond acceptors (Lipinski definition) is 3. The van der Waals surface area contributed by atoms with Crippen LogP contribution in [0.2, 0.25) is 0 Å². The molecule has 1 unspecified atom stereocenters. The molecule has 0 spiro atoms. The van der Waals surface area contributed by atoms with Gasteiger partial charge in [0.05, 0.1) is 5.56 Å². The minimum absolute atomic E-state index is 0.0858. The minimum Gasteiger partial charge on any atom is -0.324 e. The Balaban J connectivity index is 2.32. The quantitative estimate of drug-likeness (QED) is 0.892. The number of rotatable bonds is 3. The zero-order chi connectivity index (χ0) is 13.0. The predicted octanol–water partition coefficient (Wildman–Crippen LogP) is 3.03. The summed E-state index contributed by atoms with van der Waals surface area (Å²) in [4.78, 5) is 4.06. The molecule has 2 rings (SSSR count). The van der Waals surface area contributed by atoms with Gasteiger partial charge in [-0.1, -0.05) is 31.2 Å². The second kappa shape index (κ2) is 5.44. The van der Waals surface area contributed by atoms with Gasteiger partial charge in [-0.05, 0) is 23.6 Å². The minimum atomic E-state index is 0.0858. The Morgan fingerprint density at radius 3 is 2.56 bits per heavy atom. The van der Waals surface area contributed by atoms with Crippen LogP contribution in [0.15, 0.2) is 42.7 Å². The van der Waals surface area contributed by atoms with Gasteiger partial charge in [0.25, 0.3) is 0 Å². The topological polar surface area (TPSA) is 62.7 Å². The first-order chi connectivity index (χ1) is 8.74. The number of nitrogens with two attached hydrogens (primary N) is 1. The fraction of sp³-hybridized carbons (Fsp3) is 0.200. The molecule has 0 bridgehead atoms. The van der Waals surface area contributed by atoms with Gasteiger partial charge in [-0.25, -0.2) is 0 Å². The van der Waals surface area contributed by atoms with E-state index in [9.17, 15) is 0 Å². The highest BCUT2D eigenvalue weighted by Crippen LogP contribution is 2.22. The summed E-state index contributed by atoms with van der Waals surface area (Å²) in [5.41, 5.74) is 9.67. The van der Waals surface area contributed by atoms with E-state index in [0.717, 1.165) is 23.1 Å². The second-order valence-corrected chi connectivity index (χ2v) is 4.21. The Kier molecular flexibility index (Phi) is 3.71. The van der Waals surface area contributed by atoms with Crippen molar-refractivity contribution >= 4 is 0 Å². The number of pyridine rings is 1. The summed E-state index contributed by atoms with van der Waals surface area (Å²) in [5, 5.41) is 8.85. The zero-order valence-corrected chi connectivity index (χ0v) is 10.3. The molecule has 1 aromatic carbocycles. The first kappa shape index (κ1) is 12.3. The lowest BCUT2D eigenvalue weighted by atomic mass is 10.0. The maximum atomic E-state index is 8.85. The molecule has 3 heteroatoms. The molecule has 0 radical (unpaired) electrons. The van der Waals surface area contributed by atoms with E-state index < -0.39 is 0 Å². The predicted molar refractivity (Wildman–Crippen MR) is 71.6 cm³/mol. The number of nitriles is 1. The van der Waals surface area contributed by atoms with Crippen LogP contribution >= 0.6 is 0 Å². The van der Waals surface area contributed by atoms with Crippen LogP contribution in [-0.2, 0) is 0 Å². The molecule has 0 aliphatic rings. The lowest BCUT2D eigenvalue weighted by Gasteiger charge is -2.09. The van der Waals surface area contributed by atoms with Crippen LogP contribution < -0.4 is 5.73 Å². The van der Waals surface area contributed by atoms with Crippen molar-refractivity contribution in [2.24, 2.45) is 5.73 Å². The summed E-state index contributed by atoms with van der Waals surface area (Å²) in [6.07, 6.45) is 4.24. The van der Waals surface area contributed by atoms with Gasteiger partial charge in [-0.15, -0.1) is 0 Å². The molecule has 2 aromatic rings. The molecular weight excluding hydrogens is 222 g/mol. The van der Waals surface area contributed by atoms with Crippen molar-refractivity contribution in [1.82, 2.24) is 4.98 Å². The van der Waals surface area contributed by atoms with Crippen LogP contribution in [0.4, 0.5) is 0 Å². The van der Waals surface area contributed by atoms with E-state index in [0.29, 0.717) is 5.56 Å². The molecule has 0 aliphatic heterocycles. The van der Waals surface area contributed by atoms with E-state index in [2.05, 4.69) is 18.0 Å². The van der Waals surface area contributed by atoms with Gasteiger partial charge < -0.3 is 5.73 Å². The van der Waals surface area contributed by atoms with Crippen molar-refractivity contribution in [1.29, 1.82) is 5.26 Å². The Bertz CT molecular complexity index is 567. The van der Waals surface area contributed by atoms with Gasteiger partial charge in [0.2, 0.25) is 0 Å². The zero-order valence-electron chi connectivity index (χ0n) is 10.3. The molecule has 2 N–H and O–H groups in total. The third-order valence-corrected chi connectivity index (χ3v) is 2.98. The van der Waals surface area contributed by atoms with Gasteiger partial charge in [0, 0.05) is 24.0 Å². The van der Waals surface area contributed by atoms with Crippen molar-refractivity contribution in [3.05, 3.63) is 53.9 Å². The fourth-order valence-electron chi connectivity index (χ4n) is 1.82. The standard InChI is InChI=1S/C15H15N3/c1-2-15(17)13-5-3-12(4-6-13)14-7-11(8-16)9-18-10-14/h3-7,9-10,15H,2,17H2,1H3. The van der Waals surface area contributed by atoms with Crippen molar-refractivity contribution in [3.8, 4) is 17.2 Å². The van der Waals surface area contributed by atoms with E-state index >= 15 is 0 Å². The maximum absolute atomic E-state index is 8.85. The Hall–Kier alpha value is -2.18. The van der Waals surface area contributed by atoms with Gasteiger partial charge in [-0.3, -0.25) is 4.98 Å². The van der Waals surface area contributed by atoms with Crippen molar-refractivity contribution < 1.29 is 0 Å². The van der Waals surface area contributed by atoms with E-state index in [4.69, 9.17) is 11.0 Å². The van der Waals surface area contributed by atoms with Crippen LogP contribution in [0.5, 0.6) is 0 Å². The lowest BCUT2D eigenvalue weighted by molar-refractivity contribution is 0.699. The lowest BCUT2D eigenvalue weighted by Crippen LogP contribution is -2.08. The molecule has 0 saturated carbocycles. The van der Waals surface area contributed by atoms with Crippen LogP contribution in [0.25, 0.3) is 11.1 Å². The largest absolute Gasteiger partial charge is 0.324 e. The average Bonchev–Trinajstić information content (AvgIpc) is 2.46. The average molecular weight is 237 g/mol. The summed E-state index contributed by atoms with van der Waals surface area (Å²) in [5.74, 6) is 0. The highest BCUT2D eigenvalue weighted by atomic mass is 14.6. The molecule has 90 valence electrons. The van der Waals surface area contributed by atoms with Gasteiger partial charge >= 0.3 is 0 Å². The first-order valence-electron chi connectivity index (χ1n) is 5.95. The van der Waals surface area contributed by atoms with Crippen LogP contribution in [0.3, 0.4) is 0 Å². The second-order valence-electron chi connectivity index (χ2n) is 4.21. The summed E-state index contributed by atoms with van der Waals surface area (Å²) in [7, 11) is 0. The van der Waals surface area contributed by atoms with Crippen molar-refractivity contribution in [2.75, 3.05) is 0 Å². The van der Waals surface area contributed by atoms with Crippen molar-refractivity contribution in [2.45, 2.75) is 19.4 Å². The molecular formula is C15H15N3. The smallest absolute Gasteiger partial charge is 0.101 e. The molecule has 3 nitrogen and oxygen atoms in total. The van der Waals surface area contributed by atoms with E-state index in [1.165, 1.54) is 0 Å². The highest BCUT2D eigenvalue weighted by molar-refractivity contribution is 5.64. The molecule has 0 fully saturated rings. The van der Waals surface area contributed by atoms with E-state index in [-0.39, 0.29) is 6.04 Å². The Morgan fingerprint density at radius 2 is 1.94 bits per heavy atom. The third-order valence-electron chi connectivity index (χ3n) is 2.98. The third kappa shape index (κ3) is 2.55. The summed E-state index contributed by atoms with van der Waals surface area (Å²) in [6, 6.07) is 12.1. The molecule has 0 saturated heterocycles. The monoisotopic (exact) mass is 237 g/mol. The number of aromatic nitrogens is 1. The summed E-state index contributed by atoms with van der Waals surface area (Å²) in [6.45, 7) is 2.07.